The first kappa shape index (κ1) is 19.7. The predicted octanol–water partition coefficient (Wildman–Crippen LogP) is 5.15. The molecule has 0 amide bonds. The molecule has 1 heterocycles. The highest BCUT2D eigenvalue weighted by atomic mass is 32.1. The monoisotopic (exact) mass is 422 g/mol. The molecule has 4 aromatic rings. The van der Waals surface area contributed by atoms with Crippen LogP contribution in [0.15, 0.2) is 69.9 Å². The fraction of sp³-hybridized carbons (Fsp3) is 0.130. The maximum absolute atomic E-state index is 12.6. The summed E-state index contributed by atoms with van der Waals surface area (Å²) in [7, 11) is 1.58. The second-order valence-corrected chi connectivity index (χ2v) is 7.31. The Morgan fingerprint density at radius 3 is 2.53 bits per heavy atom. The molecule has 0 N–H and O–H groups in total. The topological polar surface area (TPSA) is 75.0 Å². The van der Waals surface area contributed by atoms with Crippen molar-refractivity contribution in [3.05, 3.63) is 76.0 Å². The normalized spacial score (nSPS) is 10.7. The Labute approximate surface area is 176 Å². The third kappa shape index (κ3) is 4.06. The number of ether oxygens (including phenoxy) is 3. The summed E-state index contributed by atoms with van der Waals surface area (Å²) in [5.41, 5.74) is 2.25. The van der Waals surface area contributed by atoms with Crippen molar-refractivity contribution in [3.63, 3.8) is 0 Å². The summed E-state index contributed by atoms with van der Waals surface area (Å²) in [4.78, 5) is 24.0. The average Bonchev–Trinajstić information content (AvgIpc) is 3.14. The zero-order valence-corrected chi connectivity index (χ0v) is 17.2. The summed E-state index contributed by atoms with van der Waals surface area (Å²) in [6.45, 7) is 2.44. The van der Waals surface area contributed by atoms with Crippen molar-refractivity contribution in [3.8, 4) is 28.4 Å². The molecule has 3 aromatic carbocycles. The molecule has 6 nitrogen and oxygen atoms in total. The van der Waals surface area contributed by atoms with Crippen LogP contribution in [0.1, 0.15) is 17.3 Å². The number of methoxy groups -OCH3 is 1. The van der Waals surface area contributed by atoms with Crippen LogP contribution in [0.2, 0.25) is 0 Å². The summed E-state index contributed by atoms with van der Waals surface area (Å²) in [6.07, 6.45) is 0. The number of esters is 1. The Morgan fingerprint density at radius 1 is 1.00 bits per heavy atom. The van der Waals surface area contributed by atoms with Gasteiger partial charge in [-0.3, -0.25) is 0 Å². The van der Waals surface area contributed by atoms with Crippen LogP contribution < -0.4 is 19.1 Å². The first-order valence-electron chi connectivity index (χ1n) is 9.24. The SMILES string of the molecule is CCOc1ccc(C(=O)Oc2cc(-c3cccc(OC)c3)c3oc(=O)sc3c2)cc1. The van der Waals surface area contributed by atoms with Crippen molar-refractivity contribution in [2.24, 2.45) is 0 Å². The molecular formula is C23H18O6S. The lowest BCUT2D eigenvalue weighted by atomic mass is 10.0. The maximum atomic E-state index is 12.6. The third-order valence-electron chi connectivity index (χ3n) is 4.40. The molecule has 0 saturated carbocycles. The van der Waals surface area contributed by atoms with Crippen molar-refractivity contribution in [2.45, 2.75) is 6.92 Å². The minimum atomic E-state index is -0.509. The molecule has 0 spiro atoms. The van der Waals surface area contributed by atoms with Crippen molar-refractivity contribution in [2.75, 3.05) is 13.7 Å². The van der Waals surface area contributed by atoms with Gasteiger partial charge in [-0.25, -0.2) is 9.59 Å². The molecule has 0 saturated heterocycles. The Morgan fingerprint density at radius 2 is 1.80 bits per heavy atom. The molecule has 0 bridgehead atoms. The zero-order valence-electron chi connectivity index (χ0n) is 16.3. The standard InChI is InChI=1S/C23H18O6S/c1-3-27-16-9-7-14(8-10-16)22(24)28-18-12-19(15-5-4-6-17(11-15)26-2)21-20(13-18)30-23(25)29-21/h4-13H,3H2,1-2H3. The van der Waals surface area contributed by atoms with Crippen LogP contribution in [0.4, 0.5) is 0 Å². The number of rotatable bonds is 6. The Balaban J connectivity index is 1.71. The predicted molar refractivity (Wildman–Crippen MR) is 115 cm³/mol. The lowest BCUT2D eigenvalue weighted by Gasteiger charge is -2.09. The first-order chi connectivity index (χ1) is 14.6. The quantitative estimate of drug-likeness (QED) is 0.316. The number of carbonyl (C=O) groups excluding carboxylic acids is 1. The van der Waals surface area contributed by atoms with Crippen molar-refractivity contribution in [1.29, 1.82) is 0 Å². The van der Waals surface area contributed by atoms with Gasteiger partial charge in [0.05, 0.1) is 24.0 Å². The molecule has 30 heavy (non-hydrogen) atoms. The van der Waals surface area contributed by atoms with Gasteiger partial charge < -0.3 is 18.6 Å². The molecule has 0 radical (unpaired) electrons. The fourth-order valence-corrected chi connectivity index (χ4v) is 3.76. The first-order valence-corrected chi connectivity index (χ1v) is 10.1. The van der Waals surface area contributed by atoms with Crippen molar-refractivity contribution < 1.29 is 23.4 Å². The molecule has 1 aromatic heterocycles. The van der Waals surface area contributed by atoms with E-state index in [-0.39, 0.29) is 0 Å². The lowest BCUT2D eigenvalue weighted by Crippen LogP contribution is -2.08. The lowest BCUT2D eigenvalue weighted by molar-refractivity contribution is 0.0735. The van der Waals surface area contributed by atoms with Crippen LogP contribution in [0, 0.1) is 0 Å². The second kappa shape index (κ2) is 8.42. The van der Waals surface area contributed by atoms with Crippen LogP contribution in [-0.4, -0.2) is 19.7 Å². The van der Waals surface area contributed by atoms with E-state index in [0.29, 0.717) is 45.3 Å². The van der Waals surface area contributed by atoms with Crippen LogP contribution in [0.5, 0.6) is 17.2 Å². The third-order valence-corrected chi connectivity index (χ3v) is 5.17. The summed E-state index contributed by atoms with van der Waals surface area (Å²) in [6, 6.07) is 17.4. The van der Waals surface area contributed by atoms with E-state index >= 15 is 0 Å². The van der Waals surface area contributed by atoms with Gasteiger partial charge >= 0.3 is 10.9 Å². The van der Waals surface area contributed by atoms with Gasteiger partial charge in [-0.15, -0.1) is 0 Å². The number of hydrogen-bond donors (Lipinski definition) is 0. The van der Waals surface area contributed by atoms with Gasteiger partial charge in [-0.2, -0.15) is 0 Å². The minimum Gasteiger partial charge on any atom is -0.497 e. The molecule has 0 aliphatic heterocycles. The highest BCUT2D eigenvalue weighted by molar-refractivity contribution is 7.16. The van der Waals surface area contributed by atoms with Gasteiger partial charge in [0.1, 0.15) is 17.2 Å². The van der Waals surface area contributed by atoms with Gasteiger partial charge in [-0.05, 0) is 55.0 Å². The van der Waals surface area contributed by atoms with E-state index in [4.69, 9.17) is 18.6 Å². The number of hydrogen-bond acceptors (Lipinski definition) is 7. The highest BCUT2D eigenvalue weighted by Crippen LogP contribution is 2.36. The van der Waals surface area contributed by atoms with E-state index in [0.717, 1.165) is 16.9 Å². The average molecular weight is 422 g/mol. The van der Waals surface area contributed by atoms with E-state index in [2.05, 4.69) is 0 Å². The van der Waals surface area contributed by atoms with Gasteiger partial charge in [0.15, 0.2) is 5.58 Å². The molecule has 0 aliphatic carbocycles. The Hall–Kier alpha value is -3.58. The van der Waals surface area contributed by atoms with Crippen LogP contribution in [-0.2, 0) is 0 Å². The fourth-order valence-electron chi connectivity index (χ4n) is 3.04. The molecule has 0 aliphatic rings. The number of benzene rings is 3. The van der Waals surface area contributed by atoms with Crippen LogP contribution in [0.25, 0.3) is 21.4 Å². The Kier molecular flexibility index (Phi) is 5.54. The molecule has 0 unspecified atom stereocenters. The second-order valence-electron chi connectivity index (χ2n) is 6.33. The minimum absolute atomic E-state index is 0.316. The molecule has 0 fully saturated rings. The van der Waals surface area contributed by atoms with E-state index in [9.17, 15) is 9.59 Å². The molecule has 152 valence electrons. The number of carbonyl (C=O) groups is 1. The van der Waals surface area contributed by atoms with Gasteiger partial charge in [0, 0.05) is 11.6 Å². The molecule has 4 rings (SSSR count). The largest absolute Gasteiger partial charge is 0.497 e. The van der Waals surface area contributed by atoms with E-state index in [1.807, 2.05) is 31.2 Å². The van der Waals surface area contributed by atoms with Crippen LogP contribution in [0.3, 0.4) is 0 Å². The Bertz CT molecular complexity index is 1250. The van der Waals surface area contributed by atoms with E-state index < -0.39 is 10.9 Å². The number of fused-ring (bicyclic) bond motifs is 1. The molecular weight excluding hydrogens is 404 g/mol. The maximum Gasteiger partial charge on any atom is 0.396 e. The van der Waals surface area contributed by atoms with Gasteiger partial charge in [0.2, 0.25) is 0 Å². The highest BCUT2D eigenvalue weighted by Gasteiger charge is 2.16. The molecule has 0 atom stereocenters. The smallest absolute Gasteiger partial charge is 0.396 e. The summed E-state index contributed by atoms with van der Waals surface area (Å²) in [5, 5.41) is 0. The van der Waals surface area contributed by atoms with E-state index in [1.165, 1.54) is 0 Å². The molecule has 7 heteroatoms. The van der Waals surface area contributed by atoms with Crippen LogP contribution >= 0.6 is 11.3 Å². The summed E-state index contributed by atoms with van der Waals surface area (Å²) >= 11 is 0.954. The summed E-state index contributed by atoms with van der Waals surface area (Å²) in [5.74, 6) is 1.15. The van der Waals surface area contributed by atoms with Gasteiger partial charge in [-0.1, -0.05) is 23.5 Å². The van der Waals surface area contributed by atoms with E-state index in [1.54, 1.807) is 43.5 Å². The van der Waals surface area contributed by atoms with Crippen molar-refractivity contribution in [1.82, 2.24) is 0 Å². The zero-order chi connectivity index (χ0) is 21.1. The summed E-state index contributed by atoms with van der Waals surface area (Å²) < 4.78 is 22.2. The van der Waals surface area contributed by atoms with Crippen molar-refractivity contribution >= 4 is 27.6 Å². The van der Waals surface area contributed by atoms with Gasteiger partial charge in [0.25, 0.3) is 0 Å².